The number of hydrogen-bond donors (Lipinski definition) is 8. The molecule has 0 aliphatic carbocycles. The van der Waals surface area contributed by atoms with E-state index in [1.54, 1.807) is 20.8 Å². The van der Waals surface area contributed by atoms with Crippen LogP contribution in [0.1, 0.15) is 59.8 Å². The average molecular weight is 516 g/mol. The lowest BCUT2D eigenvalue weighted by atomic mass is 9.98. The Morgan fingerprint density at radius 3 is 1.92 bits per heavy atom. The highest BCUT2D eigenvalue weighted by Gasteiger charge is 2.32. The van der Waals surface area contributed by atoms with Crippen LogP contribution >= 0.6 is 0 Å². The summed E-state index contributed by atoms with van der Waals surface area (Å²) >= 11 is 0. The predicted octanol–water partition coefficient (Wildman–Crippen LogP) is -1.53. The van der Waals surface area contributed by atoms with Crippen molar-refractivity contribution in [1.82, 2.24) is 16.0 Å². The van der Waals surface area contributed by atoms with Crippen LogP contribution in [0.2, 0.25) is 0 Å². The third-order valence-corrected chi connectivity index (χ3v) is 5.65. The zero-order chi connectivity index (χ0) is 28.0. The Labute approximate surface area is 210 Å². The van der Waals surface area contributed by atoms with Crippen LogP contribution in [0.25, 0.3) is 0 Å². The fourth-order valence-electron chi connectivity index (χ4n) is 3.13. The number of guanidine groups is 1. The maximum atomic E-state index is 13.0. The molecular formula is C22H41N7O7. The van der Waals surface area contributed by atoms with Gasteiger partial charge in [-0.3, -0.25) is 24.2 Å². The van der Waals surface area contributed by atoms with Gasteiger partial charge in [-0.25, -0.2) is 4.79 Å². The fraction of sp³-hybridized carbons (Fsp3) is 0.727. The summed E-state index contributed by atoms with van der Waals surface area (Å²) in [5.74, 6) is -5.36. The highest BCUT2D eigenvalue weighted by Crippen LogP contribution is 2.09. The summed E-state index contributed by atoms with van der Waals surface area (Å²) in [7, 11) is 0. The predicted molar refractivity (Wildman–Crippen MR) is 132 cm³/mol. The summed E-state index contributed by atoms with van der Waals surface area (Å²) in [6.45, 7) is 7.08. The summed E-state index contributed by atoms with van der Waals surface area (Å²) in [5.41, 5.74) is 16.4. The molecule has 0 aliphatic heterocycles. The van der Waals surface area contributed by atoms with Gasteiger partial charge in [0.25, 0.3) is 0 Å². The lowest BCUT2D eigenvalue weighted by molar-refractivity contribution is -0.142. The van der Waals surface area contributed by atoms with Crippen LogP contribution in [0.4, 0.5) is 0 Å². The zero-order valence-electron chi connectivity index (χ0n) is 21.3. The van der Waals surface area contributed by atoms with Crippen molar-refractivity contribution in [2.75, 3.05) is 6.54 Å². The molecule has 0 heterocycles. The number of nitrogens with two attached hydrogens (primary N) is 3. The van der Waals surface area contributed by atoms with E-state index in [-0.39, 0.29) is 37.7 Å². The van der Waals surface area contributed by atoms with Crippen LogP contribution in [0.15, 0.2) is 4.99 Å². The number of nitrogens with zero attached hydrogens (tertiary/aromatic N) is 1. The van der Waals surface area contributed by atoms with E-state index in [1.165, 1.54) is 0 Å². The second kappa shape index (κ2) is 16.3. The average Bonchev–Trinajstić information content (AvgIpc) is 2.79. The molecule has 36 heavy (non-hydrogen) atoms. The van der Waals surface area contributed by atoms with Crippen LogP contribution < -0.4 is 33.2 Å². The summed E-state index contributed by atoms with van der Waals surface area (Å²) in [6.07, 6.45) is 0.309. The molecular weight excluding hydrogens is 474 g/mol. The second-order valence-electron chi connectivity index (χ2n) is 8.98. The Bertz CT molecular complexity index is 800. The van der Waals surface area contributed by atoms with Crippen molar-refractivity contribution < 1.29 is 34.2 Å². The van der Waals surface area contributed by atoms with Gasteiger partial charge in [0.15, 0.2) is 5.96 Å². The van der Waals surface area contributed by atoms with E-state index in [0.717, 1.165) is 0 Å². The molecule has 11 N–H and O–H groups in total. The monoisotopic (exact) mass is 515 g/mol. The van der Waals surface area contributed by atoms with Gasteiger partial charge >= 0.3 is 11.9 Å². The van der Waals surface area contributed by atoms with Gasteiger partial charge in [0.1, 0.15) is 18.1 Å². The van der Waals surface area contributed by atoms with Gasteiger partial charge in [0, 0.05) is 13.0 Å². The van der Waals surface area contributed by atoms with Crippen LogP contribution in [0.3, 0.4) is 0 Å². The van der Waals surface area contributed by atoms with E-state index in [1.807, 2.05) is 6.92 Å². The number of nitrogens with one attached hydrogen (secondary N) is 3. The molecule has 0 aromatic heterocycles. The van der Waals surface area contributed by atoms with E-state index in [9.17, 15) is 29.1 Å². The Kier molecular flexibility index (Phi) is 14.7. The smallest absolute Gasteiger partial charge is 0.326 e. The number of amides is 3. The molecule has 0 rings (SSSR count). The number of aliphatic carboxylic acids is 2. The van der Waals surface area contributed by atoms with Gasteiger partial charge in [0.05, 0.1) is 6.04 Å². The molecule has 206 valence electrons. The molecule has 0 fully saturated rings. The summed E-state index contributed by atoms with van der Waals surface area (Å²) in [5, 5.41) is 25.9. The minimum atomic E-state index is -1.27. The molecule has 0 saturated carbocycles. The topological polar surface area (TPSA) is 252 Å². The Hall–Kier alpha value is -3.42. The molecule has 0 bridgehead atoms. The molecule has 0 spiro atoms. The Balaban J connectivity index is 5.47. The number of aliphatic imine (C=N–C) groups is 1. The molecule has 14 heteroatoms. The quantitative estimate of drug-likeness (QED) is 0.0630. The lowest BCUT2D eigenvalue weighted by Crippen LogP contribution is -2.58. The second-order valence-corrected chi connectivity index (χ2v) is 8.98. The minimum Gasteiger partial charge on any atom is -0.481 e. The molecule has 0 aromatic carbocycles. The van der Waals surface area contributed by atoms with E-state index in [0.29, 0.717) is 6.42 Å². The standard InChI is InChI=1S/C22H41N7O7/c1-5-12(4)16(23)19(33)27-13(8-9-15(30)31)18(32)29-17(11(2)3)20(34)28-14(21(35)36)7-6-10-26-22(24)25/h11-14,16-17H,5-10,23H2,1-4H3,(H,27,33)(H,28,34)(H,29,32)(H,30,31)(H,35,36)(H4,24,25,26). The Morgan fingerprint density at radius 2 is 1.44 bits per heavy atom. The van der Waals surface area contributed by atoms with E-state index in [4.69, 9.17) is 22.3 Å². The lowest BCUT2D eigenvalue weighted by Gasteiger charge is -2.27. The molecule has 0 radical (unpaired) electrons. The number of hydrogen-bond acceptors (Lipinski definition) is 7. The van der Waals surface area contributed by atoms with Crippen LogP contribution in [0.5, 0.6) is 0 Å². The number of rotatable bonds is 17. The molecule has 3 amide bonds. The van der Waals surface area contributed by atoms with Gasteiger partial charge in [0.2, 0.25) is 17.7 Å². The first-order valence-electron chi connectivity index (χ1n) is 11.9. The number of carboxylic acids is 2. The summed E-state index contributed by atoms with van der Waals surface area (Å²) in [4.78, 5) is 64.8. The van der Waals surface area contributed by atoms with E-state index in [2.05, 4.69) is 20.9 Å². The van der Waals surface area contributed by atoms with Gasteiger partial charge < -0.3 is 43.4 Å². The third-order valence-electron chi connectivity index (χ3n) is 5.65. The van der Waals surface area contributed by atoms with E-state index >= 15 is 0 Å². The fourth-order valence-corrected chi connectivity index (χ4v) is 3.13. The third kappa shape index (κ3) is 12.3. The molecule has 5 unspecified atom stereocenters. The van der Waals surface area contributed by atoms with E-state index < -0.39 is 66.2 Å². The van der Waals surface area contributed by atoms with Crippen molar-refractivity contribution in [3.05, 3.63) is 0 Å². The normalized spacial score (nSPS) is 15.1. The maximum Gasteiger partial charge on any atom is 0.326 e. The van der Waals surface area contributed by atoms with Crippen molar-refractivity contribution in [3.8, 4) is 0 Å². The van der Waals surface area contributed by atoms with Crippen molar-refractivity contribution in [1.29, 1.82) is 0 Å². The van der Waals surface area contributed by atoms with Crippen molar-refractivity contribution >= 4 is 35.6 Å². The molecule has 0 aromatic rings. The number of carbonyl (C=O) groups is 5. The molecule has 0 aliphatic rings. The molecule has 14 nitrogen and oxygen atoms in total. The van der Waals surface area contributed by atoms with Crippen molar-refractivity contribution in [2.24, 2.45) is 34.0 Å². The SMILES string of the molecule is CCC(C)C(N)C(=O)NC(CCC(=O)O)C(=O)NC(C(=O)NC(CCCN=C(N)N)C(=O)O)C(C)C. The number of carbonyl (C=O) groups excluding carboxylic acids is 3. The molecule has 5 atom stereocenters. The largest absolute Gasteiger partial charge is 0.481 e. The maximum absolute atomic E-state index is 13.0. The first-order chi connectivity index (χ1) is 16.7. The van der Waals surface area contributed by atoms with Crippen LogP contribution in [0, 0.1) is 11.8 Å². The number of carboxylic acid groups (broad SMARTS) is 2. The molecule has 0 saturated heterocycles. The van der Waals surface area contributed by atoms with Crippen molar-refractivity contribution in [3.63, 3.8) is 0 Å². The minimum absolute atomic E-state index is 0.0431. The van der Waals surface area contributed by atoms with Crippen molar-refractivity contribution in [2.45, 2.75) is 84.0 Å². The zero-order valence-corrected chi connectivity index (χ0v) is 21.3. The van der Waals surface area contributed by atoms with Gasteiger partial charge in [-0.1, -0.05) is 34.1 Å². The van der Waals surface area contributed by atoms with Gasteiger partial charge in [-0.15, -0.1) is 0 Å². The highest BCUT2D eigenvalue weighted by atomic mass is 16.4. The first kappa shape index (κ1) is 32.6. The van der Waals surface area contributed by atoms with Crippen LogP contribution in [-0.4, -0.2) is 76.5 Å². The van der Waals surface area contributed by atoms with Crippen LogP contribution in [-0.2, 0) is 24.0 Å². The van der Waals surface area contributed by atoms with Gasteiger partial charge in [-0.05, 0) is 31.1 Å². The summed E-state index contributed by atoms with van der Waals surface area (Å²) in [6, 6.07) is -4.56. The summed E-state index contributed by atoms with van der Waals surface area (Å²) < 4.78 is 0. The van der Waals surface area contributed by atoms with Gasteiger partial charge in [-0.2, -0.15) is 0 Å². The highest BCUT2D eigenvalue weighted by molar-refractivity contribution is 5.94. The Morgan fingerprint density at radius 1 is 0.861 bits per heavy atom. The first-order valence-corrected chi connectivity index (χ1v) is 11.9.